The fourth-order valence-electron chi connectivity index (χ4n) is 1.24. The monoisotopic (exact) mass is 516 g/mol. The van der Waals surface area contributed by atoms with Gasteiger partial charge in [0.15, 0.2) is 0 Å². The number of hydrogen-bond acceptors (Lipinski definition) is 3. The predicted octanol–water partition coefficient (Wildman–Crippen LogP) is 3.73. The standard InChI is InChI=1S/C14H22N3O.C2H6.U/c1-4-7-12(14(16)17-10-9-15)11-13(8-5-2)18-6-3;1-2;/h4,7-8,11,16H,5-6,9,15H2,1-3H3;1-2H3;/q-1;;/b7-4-,12-11+,13-8-,16-14?;;. The van der Waals surface area contributed by atoms with Crippen molar-refractivity contribution in [1.82, 2.24) is 0 Å². The van der Waals surface area contributed by atoms with Gasteiger partial charge in [0.25, 0.3) is 0 Å². The Kier molecular flexibility index (Phi) is 23.4. The molecule has 0 amide bonds. The second-order valence-electron chi connectivity index (χ2n) is 3.37. The van der Waals surface area contributed by atoms with Crippen LogP contribution >= 0.6 is 0 Å². The third-order valence-electron chi connectivity index (χ3n) is 1.92. The van der Waals surface area contributed by atoms with E-state index in [1.807, 2.05) is 52.8 Å². The van der Waals surface area contributed by atoms with E-state index in [4.69, 9.17) is 15.9 Å². The Hall–Kier alpha value is -0.628. The molecule has 0 saturated heterocycles. The Morgan fingerprint density at radius 1 is 1.33 bits per heavy atom. The number of nitrogens with zero attached hydrogens (tertiary/aromatic N) is 1. The maximum atomic E-state index is 7.82. The van der Waals surface area contributed by atoms with Crippen molar-refractivity contribution >= 4 is 12.1 Å². The second kappa shape index (κ2) is 19.4. The van der Waals surface area contributed by atoms with Crippen LogP contribution in [0.25, 0.3) is 0 Å². The van der Waals surface area contributed by atoms with Crippen molar-refractivity contribution in [1.29, 1.82) is 5.41 Å². The first-order valence-corrected chi connectivity index (χ1v) is 7.09. The molecule has 0 aromatic rings. The number of nitrogens with one attached hydrogen (secondary N) is 1. The summed E-state index contributed by atoms with van der Waals surface area (Å²) in [7, 11) is 0. The van der Waals surface area contributed by atoms with Crippen molar-refractivity contribution in [2.24, 2.45) is 10.7 Å². The van der Waals surface area contributed by atoms with Gasteiger partial charge in [-0.1, -0.05) is 38.5 Å². The van der Waals surface area contributed by atoms with Crippen molar-refractivity contribution in [3.8, 4) is 0 Å². The van der Waals surface area contributed by atoms with Crippen molar-refractivity contribution < 1.29 is 35.9 Å². The van der Waals surface area contributed by atoms with Gasteiger partial charge in [0.1, 0.15) is 5.76 Å². The quantitative estimate of drug-likeness (QED) is 0.178. The van der Waals surface area contributed by atoms with E-state index in [2.05, 4.69) is 11.2 Å². The molecule has 0 atom stereocenters. The molecule has 0 fully saturated rings. The Balaban J connectivity index is -0.00000103. The summed E-state index contributed by atoms with van der Waals surface area (Å²) >= 11 is 0. The Bertz CT molecular complexity index is 372. The maximum Gasteiger partial charge on any atom is 0.114 e. The van der Waals surface area contributed by atoms with Gasteiger partial charge in [0, 0.05) is 31.1 Å². The van der Waals surface area contributed by atoms with Crippen LogP contribution in [-0.4, -0.2) is 25.2 Å². The number of nitrogens with two attached hydrogens (primary N) is 1. The Morgan fingerprint density at radius 2 is 1.95 bits per heavy atom. The first-order valence-electron chi connectivity index (χ1n) is 7.09. The topological polar surface area (TPSA) is 71.5 Å². The fraction of sp³-hybridized carbons (Fsp3) is 0.500. The van der Waals surface area contributed by atoms with Crippen LogP contribution in [0.1, 0.15) is 41.0 Å². The number of amidine groups is 1. The normalized spacial score (nSPS) is 11.9. The average molecular weight is 516 g/mol. The van der Waals surface area contributed by atoms with E-state index < -0.39 is 0 Å². The Morgan fingerprint density at radius 3 is 2.38 bits per heavy atom. The van der Waals surface area contributed by atoms with Gasteiger partial charge >= 0.3 is 0 Å². The van der Waals surface area contributed by atoms with E-state index in [0.29, 0.717) is 12.2 Å². The summed E-state index contributed by atoms with van der Waals surface area (Å²) in [6.07, 6.45) is 10.9. The molecule has 0 aliphatic rings. The zero-order valence-corrected chi connectivity index (χ0v) is 18.0. The van der Waals surface area contributed by atoms with Gasteiger partial charge in [0.2, 0.25) is 0 Å². The van der Waals surface area contributed by atoms with Crippen LogP contribution in [0.15, 0.2) is 40.6 Å². The smallest absolute Gasteiger partial charge is 0.114 e. The van der Waals surface area contributed by atoms with Crippen LogP contribution < -0.4 is 5.73 Å². The molecule has 5 heteroatoms. The summed E-state index contributed by atoms with van der Waals surface area (Å²) in [6.45, 7) is 10.7. The van der Waals surface area contributed by atoms with Crippen molar-refractivity contribution in [3.05, 3.63) is 35.6 Å². The van der Waals surface area contributed by atoms with Gasteiger partial charge in [-0.2, -0.15) is 6.21 Å². The van der Waals surface area contributed by atoms with Crippen molar-refractivity contribution in [2.45, 2.75) is 41.0 Å². The minimum Gasteiger partial charge on any atom is -0.494 e. The summed E-state index contributed by atoms with van der Waals surface area (Å²) in [5.74, 6) is 0.876. The molecule has 0 aromatic carbocycles. The molecule has 0 aliphatic carbocycles. The summed E-state index contributed by atoms with van der Waals surface area (Å²) in [6, 6.07) is 0. The van der Waals surface area contributed by atoms with E-state index in [-0.39, 0.29) is 43.5 Å². The summed E-state index contributed by atoms with van der Waals surface area (Å²) in [4.78, 5) is 3.84. The molecule has 4 nitrogen and oxygen atoms in total. The van der Waals surface area contributed by atoms with Crippen LogP contribution in [0, 0.1) is 36.5 Å². The minimum atomic E-state index is 0. The van der Waals surface area contributed by atoms with E-state index in [1.54, 1.807) is 6.08 Å². The van der Waals surface area contributed by atoms with E-state index in [1.165, 1.54) is 0 Å². The fourth-order valence-corrected chi connectivity index (χ4v) is 1.24. The first-order chi connectivity index (χ1) is 9.69. The number of allylic oxidation sites excluding steroid dienone is 3. The van der Waals surface area contributed by atoms with E-state index >= 15 is 0 Å². The molecular formula is C16H28N3OU-. The van der Waals surface area contributed by atoms with Gasteiger partial charge in [-0.05, 0) is 44.8 Å². The number of hydrogen-bond donors (Lipinski definition) is 2. The van der Waals surface area contributed by atoms with Crippen molar-refractivity contribution in [2.75, 3.05) is 13.2 Å². The maximum absolute atomic E-state index is 7.82. The van der Waals surface area contributed by atoms with Crippen LogP contribution in [0.4, 0.5) is 0 Å². The first kappa shape index (κ1) is 25.3. The zero-order chi connectivity index (χ0) is 15.8. The largest absolute Gasteiger partial charge is 0.494 e. The molecule has 0 bridgehead atoms. The molecule has 0 unspecified atom stereocenters. The van der Waals surface area contributed by atoms with Crippen LogP contribution in [0.5, 0.6) is 0 Å². The van der Waals surface area contributed by atoms with Crippen LogP contribution in [-0.2, 0) is 4.74 Å². The molecule has 0 aromatic heterocycles. The zero-order valence-electron chi connectivity index (χ0n) is 13.9. The third kappa shape index (κ3) is 14.1. The molecule has 0 radical (unpaired) electrons. The molecule has 0 spiro atoms. The van der Waals surface area contributed by atoms with Gasteiger partial charge in [-0.15, -0.1) is 0 Å². The van der Waals surface area contributed by atoms with Crippen LogP contribution in [0.2, 0.25) is 0 Å². The van der Waals surface area contributed by atoms with Gasteiger partial charge in [0.05, 0.1) is 6.61 Å². The average Bonchev–Trinajstić information content (AvgIpc) is 2.47. The molecule has 0 heterocycles. The van der Waals surface area contributed by atoms with Crippen molar-refractivity contribution in [3.63, 3.8) is 0 Å². The summed E-state index contributed by atoms with van der Waals surface area (Å²) < 4.78 is 5.48. The molecule has 0 rings (SSSR count). The Labute approximate surface area is 153 Å². The molecule has 3 N–H and O–H groups in total. The summed E-state index contributed by atoms with van der Waals surface area (Å²) in [5.41, 5.74) is 5.95. The summed E-state index contributed by atoms with van der Waals surface area (Å²) in [5, 5.41) is 7.82. The predicted molar refractivity (Wildman–Crippen MR) is 88.5 cm³/mol. The SMILES string of the molecule is CC.C\C=C/C(=C\C(=C\CC)OCC)C(=N)N=[C-]CN.[U]. The van der Waals surface area contributed by atoms with E-state index in [0.717, 1.165) is 12.2 Å². The van der Waals surface area contributed by atoms with Gasteiger partial charge < -0.3 is 20.9 Å². The molecule has 118 valence electrons. The van der Waals surface area contributed by atoms with Crippen LogP contribution in [0.3, 0.4) is 0 Å². The second-order valence-corrected chi connectivity index (χ2v) is 3.37. The van der Waals surface area contributed by atoms with Gasteiger partial charge in [-0.25, -0.2) is 0 Å². The molecule has 0 aliphatic heterocycles. The van der Waals surface area contributed by atoms with Gasteiger partial charge in [-0.3, -0.25) is 0 Å². The number of ether oxygens (including phenoxy) is 1. The van der Waals surface area contributed by atoms with E-state index in [9.17, 15) is 0 Å². The third-order valence-corrected chi connectivity index (χ3v) is 1.92. The molecular weight excluding hydrogens is 488 g/mol. The molecule has 21 heavy (non-hydrogen) atoms. The number of rotatable bonds is 7. The minimum absolute atomic E-state index is 0. The molecule has 0 saturated carbocycles. The number of aliphatic imine (C=N–C) groups is 1.